The van der Waals surface area contributed by atoms with Gasteiger partial charge in [-0.05, 0) is 36.7 Å². The summed E-state index contributed by atoms with van der Waals surface area (Å²) >= 11 is 0. The highest BCUT2D eigenvalue weighted by molar-refractivity contribution is 5.36. The maximum Gasteiger partial charge on any atom is 0.123 e. The number of likely N-dealkylation sites (N-methyl/N-ethyl adjacent to an activating group) is 1. The number of nitrogens with one attached hydrogen (secondary N) is 1. The molecule has 3 nitrogen and oxygen atoms in total. The zero-order chi connectivity index (χ0) is 13.8. The van der Waals surface area contributed by atoms with Crippen molar-refractivity contribution in [2.45, 2.75) is 25.0 Å². The van der Waals surface area contributed by atoms with Gasteiger partial charge in [0.05, 0.1) is 11.6 Å². The van der Waals surface area contributed by atoms with E-state index in [0.29, 0.717) is 12.0 Å². The van der Waals surface area contributed by atoms with Crippen LogP contribution in [-0.4, -0.2) is 24.8 Å². The van der Waals surface area contributed by atoms with Gasteiger partial charge in [0, 0.05) is 6.54 Å². The molecule has 4 N–H and O–H groups in total. The molecule has 0 heterocycles. The average Bonchev–Trinajstić information content (AvgIpc) is 2.41. The molecule has 0 aliphatic rings. The smallest absolute Gasteiger partial charge is 0.123 e. The molecule has 0 saturated carbocycles. The quantitative estimate of drug-likeness (QED) is 0.673. The zero-order valence-electron chi connectivity index (χ0n) is 10.9. The molecule has 2 unspecified atom stereocenters. The molecule has 2 atom stereocenters. The topological polar surface area (TPSA) is 58.3 Å². The van der Waals surface area contributed by atoms with Crippen LogP contribution in [-0.2, 0) is 5.54 Å². The summed E-state index contributed by atoms with van der Waals surface area (Å²) in [5, 5.41) is 13.1. The van der Waals surface area contributed by atoms with Gasteiger partial charge < -0.3 is 16.2 Å². The minimum absolute atomic E-state index is 0.115. The zero-order valence-corrected chi connectivity index (χ0v) is 10.9. The van der Waals surface area contributed by atoms with Crippen LogP contribution in [0.2, 0.25) is 0 Å². The Morgan fingerprint density at radius 3 is 2.44 bits per heavy atom. The first-order chi connectivity index (χ1) is 8.51. The third-order valence-electron chi connectivity index (χ3n) is 3.47. The van der Waals surface area contributed by atoms with Gasteiger partial charge in [0.1, 0.15) is 5.82 Å². The van der Waals surface area contributed by atoms with Crippen molar-refractivity contribution in [3.63, 3.8) is 0 Å². The van der Waals surface area contributed by atoms with E-state index in [0.717, 1.165) is 5.56 Å². The van der Waals surface area contributed by atoms with Crippen LogP contribution in [0.1, 0.15) is 18.9 Å². The second-order valence-corrected chi connectivity index (χ2v) is 4.29. The Hall–Kier alpha value is -1.23. The van der Waals surface area contributed by atoms with E-state index >= 15 is 0 Å². The Balaban J connectivity index is 3.22. The van der Waals surface area contributed by atoms with E-state index in [4.69, 9.17) is 5.73 Å². The van der Waals surface area contributed by atoms with Crippen LogP contribution in [0.3, 0.4) is 0 Å². The first kappa shape index (κ1) is 14.8. The lowest BCUT2D eigenvalue weighted by Gasteiger charge is -2.37. The van der Waals surface area contributed by atoms with Gasteiger partial charge in [-0.25, -0.2) is 4.39 Å². The number of halogens is 1. The summed E-state index contributed by atoms with van der Waals surface area (Å²) in [4.78, 5) is 0. The Morgan fingerprint density at radius 2 is 2.06 bits per heavy atom. The third-order valence-corrected chi connectivity index (χ3v) is 3.47. The molecule has 0 spiro atoms. The van der Waals surface area contributed by atoms with Crippen molar-refractivity contribution in [2.24, 2.45) is 5.73 Å². The highest BCUT2D eigenvalue weighted by Crippen LogP contribution is 2.33. The second kappa shape index (κ2) is 6.09. The summed E-state index contributed by atoms with van der Waals surface area (Å²) in [5.74, 6) is -0.287. The van der Waals surface area contributed by atoms with Crippen LogP contribution < -0.4 is 11.1 Å². The lowest BCUT2D eigenvalue weighted by atomic mass is 9.78. The molecule has 0 saturated heterocycles. The summed E-state index contributed by atoms with van der Waals surface area (Å²) < 4.78 is 13.0. The summed E-state index contributed by atoms with van der Waals surface area (Å²) in [7, 11) is 1.79. The molecule has 100 valence electrons. The molecule has 0 aliphatic carbocycles. The van der Waals surface area contributed by atoms with E-state index in [-0.39, 0.29) is 12.4 Å². The number of hydrogen-bond acceptors (Lipinski definition) is 3. The fraction of sp³-hybridized carbons (Fsp3) is 0.429. The van der Waals surface area contributed by atoms with Gasteiger partial charge in [-0.2, -0.15) is 0 Å². The van der Waals surface area contributed by atoms with Crippen LogP contribution in [0.4, 0.5) is 4.39 Å². The number of hydrogen-bond donors (Lipinski definition) is 3. The van der Waals surface area contributed by atoms with Crippen molar-refractivity contribution in [2.75, 3.05) is 13.6 Å². The maximum absolute atomic E-state index is 13.0. The number of aliphatic hydroxyl groups is 1. The monoisotopic (exact) mass is 252 g/mol. The molecule has 1 rings (SSSR count). The van der Waals surface area contributed by atoms with Gasteiger partial charge in [-0.3, -0.25) is 0 Å². The fourth-order valence-electron chi connectivity index (χ4n) is 2.26. The van der Waals surface area contributed by atoms with Gasteiger partial charge in [-0.15, -0.1) is 0 Å². The molecule has 0 bridgehead atoms. The molecule has 1 aromatic rings. The second-order valence-electron chi connectivity index (χ2n) is 4.29. The summed E-state index contributed by atoms with van der Waals surface area (Å²) in [6, 6.07) is 6.20. The number of benzene rings is 1. The summed E-state index contributed by atoms with van der Waals surface area (Å²) in [6.07, 6.45) is -0.104. The normalized spacial score (nSPS) is 16.1. The van der Waals surface area contributed by atoms with E-state index in [2.05, 4.69) is 11.9 Å². The third kappa shape index (κ3) is 2.61. The molecule has 0 amide bonds. The SMILES string of the molecule is C=C(C(O)CN)C(CC)(NC)c1ccc(F)cc1. The van der Waals surface area contributed by atoms with Crippen LogP contribution in [0.25, 0.3) is 0 Å². The van der Waals surface area contributed by atoms with Crippen LogP contribution in [0.15, 0.2) is 36.4 Å². The van der Waals surface area contributed by atoms with Gasteiger partial charge in [0.25, 0.3) is 0 Å². The first-order valence-electron chi connectivity index (χ1n) is 6.04. The van der Waals surface area contributed by atoms with Crippen LogP contribution >= 0.6 is 0 Å². The summed E-state index contributed by atoms with van der Waals surface area (Å²) in [5.41, 5.74) is 6.36. The molecular weight excluding hydrogens is 231 g/mol. The Labute approximate surface area is 108 Å². The van der Waals surface area contributed by atoms with Gasteiger partial charge in [-0.1, -0.05) is 25.6 Å². The molecular formula is C14H21FN2O. The van der Waals surface area contributed by atoms with Crippen molar-refractivity contribution in [3.8, 4) is 0 Å². The van der Waals surface area contributed by atoms with Crippen molar-refractivity contribution in [3.05, 3.63) is 47.8 Å². The number of aliphatic hydroxyl groups excluding tert-OH is 1. The van der Waals surface area contributed by atoms with Crippen LogP contribution in [0.5, 0.6) is 0 Å². The minimum Gasteiger partial charge on any atom is -0.387 e. The van der Waals surface area contributed by atoms with E-state index in [9.17, 15) is 9.50 Å². The average molecular weight is 252 g/mol. The van der Waals surface area contributed by atoms with Gasteiger partial charge in [0.15, 0.2) is 0 Å². The Kier molecular flexibility index (Phi) is 5.02. The largest absolute Gasteiger partial charge is 0.387 e. The Morgan fingerprint density at radius 1 is 1.50 bits per heavy atom. The van der Waals surface area contributed by atoms with E-state index in [1.165, 1.54) is 12.1 Å². The van der Waals surface area contributed by atoms with Crippen molar-refractivity contribution < 1.29 is 9.50 Å². The molecule has 0 radical (unpaired) electrons. The van der Waals surface area contributed by atoms with Gasteiger partial charge in [0.2, 0.25) is 0 Å². The Bertz CT molecular complexity index is 399. The molecule has 0 aromatic heterocycles. The van der Waals surface area contributed by atoms with Crippen LogP contribution in [0, 0.1) is 5.82 Å². The highest BCUT2D eigenvalue weighted by Gasteiger charge is 2.34. The number of nitrogens with two attached hydrogens (primary N) is 1. The van der Waals surface area contributed by atoms with E-state index in [1.807, 2.05) is 6.92 Å². The minimum atomic E-state index is -0.789. The molecule has 1 aromatic carbocycles. The molecule has 4 heteroatoms. The van der Waals surface area contributed by atoms with Crippen molar-refractivity contribution >= 4 is 0 Å². The highest BCUT2D eigenvalue weighted by atomic mass is 19.1. The predicted octanol–water partition coefficient (Wildman–Crippen LogP) is 1.53. The molecule has 0 aliphatic heterocycles. The fourth-order valence-corrected chi connectivity index (χ4v) is 2.26. The maximum atomic E-state index is 13.0. The summed E-state index contributed by atoms with van der Waals surface area (Å²) in [6.45, 7) is 6.05. The molecule has 0 fully saturated rings. The lowest BCUT2D eigenvalue weighted by molar-refractivity contribution is 0.189. The lowest BCUT2D eigenvalue weighted by Crippen LogP contribution is -2.46. The van der Waals surface area contributed by atoms with E-state index < -0.39 is 11.6 Å². The van der Waals surface area contributed by atoms with Crippen molar-refractivity contribution in [1.29, 1.82) is 0 Å². The van der Waals surface area contributed by atoms with Crippen molar-refractivity contribution in [1.82, 2.24) is 5.32 Å². The predicted molar refractivity (Wildman–Crippen MR) is 71.6 cm³/mol. The first-order valence-corrected chi connectivity index (χ1v) is 6.04. The van der Waals surface area contributed by atoms with Gasteiger partial charge >= 0.3 is 0 Å². The van der Waals surface area contributed by atoms with E-state index in [1.54, 1.807) is 19.2 Å². The standard InChI is InChI=1S/C14H21FN2O/c1-4-14(17-3,10(2)13(18)9-16)11-5-7-12(15)8-6-11/h5-8,13,17-18H,2,4,9,16H2,1,3H3. The molecule has 18 heavy (non-hydrogen) atoms. The number of rotatable bonds is 6.